The zero-order valence-electron chi connectivity index (χ0n) is 11.4. The summed E-state index contributed by atoms with van der Waals surface area (Å²) in [6.45, 7) is 2.36. The normalized spacial score (nSPS) is 17.4. The largest absolute Gasteiger partial charge is 0.503 e. The van der Waals surface area contributed by atoms with Gasteiger partial charge in [-0.25, -0.2) is 0 Å². The van der Waals surface area contributed by atoms with E-state index in [1.807, 2.05) is 0 Å². The minimum absolute atomic E-state index is 0.191. The van der Waals surface area contributed by atoms with Crippen molar-refractivity contribution in [3.63, 3.8) is 0 Å². The molecule has 1 fully saturated rings. The number of pyridine rings is 1. The highest BCUT2D eigenvalue weighted by molar-refractivity contribution is 5.29. The molecule has 106 valence electrons. The van der Waals surface area contributed by atoms with Crippen molar-refractivity contribution in [2.45, 2.75) is 38.8 Å². The summed E-state index contributed by atoms with van der Waals surface area (Å²) in [6, 6.07) is 1.29. The van der Waals surface area contributed by atoms with Crippen LogP contribution < -0.4 is 5.43 Å². The molecule has 0 saturated carbocycles. The van der Waals surface area contributed by atoms with Crippen LogP contribution in [0.4, 0.5) is 0 Å². The number of hydrogen-bond donors (Lipinski definition) is 2. The summed E-state index contributed by atoms with van der Waals surface area (Å²) in [5, 5.41) is 19.2. The highest BCUT2D eigenvalue weighted by Gasteiger charge is 2.16. The van der Waals surface area contributed by atoms with Crippen LogP contribution in [-0.2, 0) is 20.2 Å². The van der Waals surface area contributed by atoms with Crippen molar-refractivity contribution in [2.75, 3.05) is 13.1 Å². The molecular formula is C14H22N2O3. The van der Waals surface area contributed by atoms with Crippen LogP contribution in [0.2, 0.25) is 0 Å². The van der Waals surface area contributed by atoms with Crippen molar-refractivity contribution < 1.29 is 10.2 Å². The molecule has 5 nitrogen and oxygen atoms in total. The van der Waals surface area contributed by atoms with Crippen molar-refractivity contribution >= 4 is 0 Å². The lowest BCUT2D eigenvalue weighted by molar-refractivity contribution is 0.252. The van der Waals surface area contributed by atoms with E-state index >= 15 is 0 Å². The van der Waals surface area contributed by atoms with Crippen LogP contribution in [0.3, 0.4) is 0 Å². The maximum absolute atomic E-state index is 11.7. The molecular weight excluding hydrogens is 244 g/mol. The Bertz CT molecular complexity index is 488. The van der Waals surface area contributed by atoms with Gasteiger partial charge in [0.2, 0.25) is 5.43 Å². The van der Waals surface area contributed by atoms with Gasteiger partial charge in [0.25, 0.3) is 0 Å². The fourth-order valence-electron chi connectivity index (χ4n) is 2.63. The Hall–Kier alpha value is -1.33. The van der Waals surface area contributed by atoms with Crippen LogP contribution in [0.5, 0.6) is 5.75 Å². The second kappa shape index (κ2) is 6.21. The number of nitrogens with zero attached hydrogens (tertiary/aromatic N) is 2. The first-order chi connectivity index (χ1) is 9.13. The predicted molar refractivity (Wildman–Crippen MR) is 73.0 cm³/mol. The van der Waals surface area contributed by atoms with Gasteiger partial charge in [0.05, 0.1) is 12.3 Å². The summed E-state index contributed by atoms with van der Waals surface area (Å²) in [7, 11) is 1.78. The van der Waals surface area contributed by atoms with Crippen LogP contribution in [0.1, 0.15) is 37.1 Å². The molecule has 1 aliphatic heterocycles. The van der Waals surface area contributed by atoms with Gasteiger partial charge in [0, 0.05) is 25.4 Å². The molecule has 2 rings (SSSR count). The van der Waals surface area contributed by atoms with E-state index in [0.717, 1.165) is 25.9 Å². The fourth-order valence-corrected chi connectivity index (χ4v) is 2.63. The van der Waals surface area contributed by atoms with E-state index in [1.165, 1.54) is 18.9 Å². The van der Waals surface area contributed by atoms with Crippen LogP contribution in [-0.4, -0.2) is 32.8 Å². The lowest BCUT2D eigenvalue weighted by atomic mass is 10.2. The summed E-state index contributed by atoms with van der Waals surface area (Å²) in [6.07, 6.45) is 4.82. The fraction of sp³-hybridized carbons (Fsp3) is 0.643. The summed E-state index contributed by atoms with van der Waals surface area (Å²) >= 11 is 0. The molecule has 0 unspecified atom stereocenters. The Labute approximate surface area is 113 Å². The maximum atomic E-state index is 11.7. The Morgan fingerprint density at radius 3 is 2.42 bits per heavy atom. The Morgan fingerprint density at radius 2 is 1.84 bits per heavy atom. The molecule has 0 radical (unpaired) electrons. The summed E-state index contributed by atoms with van der Waals surface area (Å²) in [5.74, 6) is -0.191. The lowest BCUT2D eigenvalue weighted by Crippen LogP contribution is -2.27. The SMILES string of the molecule is Cn1c(CO)cc(=O)c(O)c1CN1CCCCCC1. The quantitative estimate of drug-likeness (QED) is 0.855. The Balaban J connectivity index is 2.27. The van der Waals surface area contributed by atoms with E-state index in [4.69, 9.17) is 0 Å². The smallest absolute Gasteiger partial charge is 0.223 e. The summed E-state index contributed by atoms with van der Waals surface area (Å²) < 4.78 is 1.72. The Kier molecular flexibility index (Phi) is 4.61. The molecule has 19 heavy (non-hydrogen) atoms. The third kappa shape index (κ3) is 3.16. The average molecular weight is 266 g/mol. The first-order valence-electron chi connectivity index (χ1n) is 6.87. The molecule has 2 heterocycles. The lowest BCUT2D eigenvalue weighted by Gasteiger charge is -2.23. The molecule has 0 bridgehead atoms. The van der Waals surface area contributed by atoms with Crippen molar-refractivity contribution in [3.8, 4) is 5.75 Å². The van der Waals surface area contributed by atoms with E-state index in [1.54, 1.807) is 11.6 Å². The summed E-state index contributed by atoms with van der Waals surface area (Å²) in [4.78, 5) is 14.0. The number of rotatable bonds is 3. The third-order valence-electron chi connectivity index (χ3n) is 3.87. The molecule has 0 aromatic carbocycles. The van der Waals surface area contributed by atoms with Crippen molar-refractivity contribution in [1.82, 2.24) is 9.47 Å². The minimum Gasteiger partial charge on any atom is -0.503 e. The molecule has 0 atom stereocenters. The molecule has 5 heteroatoms. The van der Waals surface area contributed by atoms with Gasteiger partial charge in [-0.15, -0.1) is 0 Å². The molecule has 1 aromatic heterocycles. The molecule has 0 aliphatic carbocycles. The van der Waals surface area contributed by atoms with Gasteiger partial charge >= 0.3 is 0 Å². The van der Waals surface area contributed by atoms with E-state index in [0.29, 0.717) is 17.9 Å². The van der Waals surface area contributed by atoms with Crippen molar-refractivity contribution in [2.24, 2.45) is 7.05 Å². The summed E-state index contributed by atoms with van der Waals surface area (Å²) in [5.41, 5.74) is 0.720. The Morgan fingerprint density at radius 1 is 1.21 bits per heavy atom. The zero-order chi connectivity index (χ0) is 13.8. The highest BCUT2D eigenvalue weighted by Crippen LogP contribution is 2.18. The molecule has 1 saturated heterocycles. The average Bonchev–Trinajstić information content (AvgIpc) is 2.67. The number of aliphatic hydroxyl groups excluding tert-OH is 1. The molecule has 1 aliphatic rings. The molecule has 0 amide bonds. The van der Waals surface area contributed by atoms with E-state index in [-0.39, 0.29) is 12.4 Å². The van der Waals surface area contributed by atoms with E-state index < -0.39 is 5.43 Å². The topological polar surface area (TPSA) is 65.7 Å². The highest BCUT2D eigenvalue weighted by atomic mass is 16.3. The number of likely N-dealkylation sites (tertiary alicyclic amines) is 1. The van der Waals surface area contributed by atoms with Crippen LogP contribution in [0.15, 0.2) is 10.9 Å². The van der Waals surface area contributed by atoms with Crippen molar-refractivity contribution in [3.05, 3.63) is 27.7 Å². The molecule has 1 aromatic rings. The van der Waals surface area contributed by atoms with Crippen molar-refractivity contribution in [1.29, 1.82) is 0 Å². The maximum Gasteiger partial charge on any atom is 0.223 e. The van der Waals surface area contributed by atoms with Gasteiger partial charge in [-0.3, -0.25) is 9.69 Å². The van der Waals surface area contributed by atoms with Crippen LogP contribution in [0.25, 0.3) is 0 Å². The van der Waals surface area contributed by atoms with E-state index in [2.05, 4.69) is 4.90 Å². The van der Waals surface area contributed by atoms with Crippen LogP contribution >= 0.6 is 0 Å². The standard InChI is InChI=1S/C14H22N2O3/c1-15-11(10-17)8-13(18)14(19)12(15)9-16-6-4-2-3-5-7-16/h8,17,19H,2-7,9-10H2,1H3. The monoisotopic (exact) mass is 266 g/mol. The first-order valence-corrected chi connectivity index (χ1v) is 6.87. The zero-order valence-corrected chi connectivity index (χ0v) is 11.4. The molecule has 0 spiro atoms. The predicted octanol–water partition coefficient (Wildman–Crippen LogP) is 0.959. The number of aromatic nitrogens is 1. The van der Waals surface area contributed by atoms with Gasteiger partial charge in [-0.1, -0.05) is 12.8 Å². The second-order valence-corrected chi connectivity index (χ2v) is 5.20. The number of aromatic hydroxyl groups is 1. The van der Waals surface area contributed by atoms with Gasteiger partial charge in [-0.2, -0.15) is 0 Å². The number of aliphatic hydroxyl groups is 1. The number of hydrogen-bond acceptors (Lipinski definition) is 4. The second-order valence-electron chi connectivity index (χ2n) is 5.20. The van der Waals surface area contributed by atoms with E-state index in [9.17, 15) is 15.0 Å². The van der Waals surface area contributed by atoms with Gasteiger partial charge in [0.15, 0.2) is 5.75 Å². The minimum atomic E-state index is -0.410. The first kappa shape index (κ1) is 14.1. The van der Waals surface area contributed by atoms with Gasteiger partial charge < -0.3 is 14.8 Å². The van der Waals surface area contributed by atoms with Crippen LogP contribution in [0, 0.1) is 0 Å². The third-order valence-corrected chi connectivity index (χ3v) is 3.87. The van der Waals surface area contributed by atoms with Gasteiger partial charge in [0.1, 0.15) is 0 Å². The molecule has 2 N–H and O–H groups in total. The van der Waals surface area contributed by atoms with Gasteiger partial charge in [-0.05, 0) is 25.9 Å².